The molecule has 7 heteroatoms. The number of ether oxygens (including phenoxy) is 1. The molecule has 2 amide bonds. The van der Waals surface area contributed by atoms with Gasteiger partial charge in [0, 0.05) is 18.5 Å². The largest absolute Gasteiger partial charge is 0.481 e. The van der Waals surface area contributed by atoms with Gasteiger partial charge in [-0.2, -0.15) is 0 Å². The van der Waals surface area contributed by atoms with Crippen LogP contribution in [0.2, 0.25) is 0 Å². The molecule has 0 aromatic heterocycles. The number of alkyl carbamates (subject to hydrolysis) is 1. The summed E-state index contributed by atoms with van der Waals surface area (Å²) >= 11 is 0. The number of hydrogen-bond donors (Lipinski definition) is 3. The zero-order valence-electron chi connectivity index (χ0n) is 20.2. The predicted molar refractivity (Wildman–Crippen MR) is 133 cm³/mol. The molecular formula is C28H34N2O5. The van der Waals surface area contributed by atoms with Crippen LogP contribution in [0.15, 0.2) is 48.5 Å². The molecular weight excluding hydrogens is 444 g/mol. The third-order valence-corrected chi connectivity index (χ3v) is 7.35. The van der Waals surface area contributed by atoms with E-state index in [1.54, 1.807) is 0 Å². The number of rotatable bonds is 10. The first-order chi connectivity index (χ1) is 16.9. The average Bonchev–Trinajstić information content (AvgIpc) is 3.45. The fourth-order valence-electron chi connectivity index (χ4n) is 5.55. The van der Waals surface area contributed by atoms with E-state index in [0.29, 0.717) is 19.3 Å². The van der Waals surface area contributed by atoms with Crippen molar-refractivity contribution in [1.82, 2.24) is 10.6 Å². The van der Waals surface area contributed by atoms with Crippen molar-refractivity contribution >= 4 is 18.0 Å². The number of benzene rings is 2. The fraction of sp³-hybridized carbons (Fsp3) is 0.464. The minimum Gasteiger partial charge on any atom is -0.481 e. The molecule has 1 saturated carbocycles. The van der Waals surface area contributed by atoms with Crippen molar-refractivity contribution in [2.75, 3.05) is 13.2 Å². The van der Waals surface area contributed by atoms with E-state index in [1.165, 1.54) is 11.1 Å². The van der Waals surface area contributed by atoms with Crippen molar-refractivity contribution < 1.29 is 24.2 Å². The van der Waals surface area contributed by atoms with E-state index in [4.69, 9.17) is 4.74 Å². The predicted octanol–water partition coefficient (Wildman–Crippen LogP) is 4.85. The smallest absolute Gasteiger partial charge is 0.407 e. The highest BCUT2D eigenvalue weighted by Crippen LogP contribution is 2.44. The van der Waals surface area contributed by atoms with Crippen LogP contribution in [-0.4, -0.2) is 42.3 Å². The summed E-state index contributed by atoms with van der Waals surface area (Å²) in [5, 5.41) is 14.9. The van der Waals surface area contributed by atoms with Gasteiger partial charge in [0.15, 0.2) is 0 Å². The summed E-state index contributed by atoms with van der Waals surface area (Å²) in [4.78, 5) is 37.1. The molecule has 1 atom stereocenters. The first kappa shape index (κ1) is 24.8. The molecule has 2 aromatic carbocycles. The molecule has 0 bridgehead atoms. The molecule has 2 aromatic rings. The Morgan fingerprint density at radius 3 is 2.20 bits per heavy atom. The van der Waals surface area contributed by atoms with Crippen molar-refractivity contribution in [3.63, 3.8) is 0 Å². The minimum atomic E-state index is -0.930. The van der Waals surface area contributed by atoms with Gasteiger partial charge < -0.3 is 20.5 Å². The van der Waals surface area contributed by atoms with E-state index in [-0.39, 0.29) is 31.4 Å². The maximum atomic E-state index is 13.2. The lowest BCUT2D eigenvalue weighted by molar-refractivity contribution is -0.138. The monoisotopic (exact) mass is 478 g/mol. The lowest BCUT2D eigenvalue weighted by Gasteiger charge is -2.30. The molecule has 0 unspecified atom stereocenters. The molecule has 0 aliphatic heterocycles. The molecule has 2 aliphatic carbocycles. The van der Waals surface area contributed by atoms with Crippen molar-refractivity contribution in [3.05, 3.63) is 59.7 Å². The second kappa shape index (κ2) is 10.9. The van der Waals surface area contributed by atoms with Crippen LogP contribution in [0.5, 0.6) is 0 Å². The fourth-order valence-corrected chi connectivity index (χ4v) is 5.55. The van der Waals surface area contributed by atoms with Crippen LogP contribution in [-0.2, 0) is 14.3 Å². The quantitative estimate of drug-likeness (QED) is 0.453. The highest BCUT2D eigenvalue weighted by atomic mass is 16.5. The molecule has 35 heavy (non-hydrogen) atoms. The van der Waals surface area contributed by atoms with Gasteiger partial charge in [0.1, 0.15) is 6.61 Å². The van der Waals surface area contributed by atoms with Gasteiger partial charge >= 0.3 is 12.1 Å². The highest BCUT2D eigenvalue weighted by molar-refractivity contribution is 5.85. The summed E-state index contributed by atoms with van der Waals surface area (Å²) in [5.74, 6) is -1.13. The molecule has 3 N–H and O–H groups in total. The number of nitrogens with one attached hydrogen (secondary N) is 2. The van der Waals surface area contributed by atoms with E-state index in [0.717, 1.165) is 30.4 Å². The van der Waals surface area contributed by atoms with E-state index >= 15 is 0 Å². The lowest BCUT2D eigenvalue weighted by Crippen LogP contribution is -2.50. The third-order valence-electron chi connectivity index (χ3n) is 7.35. The van der Waals surface area contributed by atoms with E-state index in [2.05, 4.69) is 34.9 Å². The number of carbonyl (C=O) groups excluding carboxylic acids is 2. The van der Waals surface area contributed by atoms with Crippen molar-refractivity contribution in [3.8, 4) is 11.1 Å². The number of carboxylic acids is 1. The van der Waals surface area contributed by atoms with Crippen molar-refractivity contribution in [2.45, 2.75) is 63.8 Å². The van der Waals surface area contributed by atoms with Crippen LogP contribution in [0.1, 0.15) is 68.9 Å². The Morgan fingerprint density at radius 2 is 1.63 bits per heavy atom. The van der Waals surface area contributed by atoms with E-state index < -0.39 is 23.5 Å². The summed E-state index contributed by atoms with van der Waals surface area (Å²) in [6, 6.07) is 15.9. The SMILES string of the molecule is CCC[C@H](CC(=O)O)NC(=O)C1(CNC(=O)OCC2c3ccccc3-c3ccccc32)CCCC1. The normalized spacial score (nSPS) is 16.7. The first-order valence-corrected chi connectivity index (χ1v) is 12.5. The third kappa shape index (κ3) is 5.50. The molecule has 7 nitrogen and oxygen atoms in total. The minimum absolute atomic E-state index is 0.0253. The van der Waals surface area contributed by atoms with Gasteiger partial charge in [0.05, 0.1) is 11.8 Å². The maximum absolute atomic E-state index is 13.2. The first-order valence-electron chi connectivity index (χ1n) is 12.5. The number of amides is 2. The molecule has 0 radical (unpaired) electrons. The van der Waals surface area contributed by atoms with Gasteiger partial charge in [0.25, 0.3) is 0 Å². The number of fused-ring (bicyclic) bond motifs is 3. The molecule has 2 aliphatic rings. The number of carboxylic acid groups (broad SMARTS) is 1. The van der Waals surface area contributed by atoms with E-state index in [1.807, 2.05) is 31.2 Å². The number of aliphatic carboxylic acids is 1. The van der Waals surface area contributed by atoms with Crippen LogP contribution < -0.4 is 10.6 Å². The molecule has 0 heterocycles. The van der Waals surface area contributed by atoms with Crippen LogP contribution in [0.25, 0.3) is 11.1 Å². The second-order valence-corrected chi connectivity index (χ2v) is 9.72. The Balaban J connectivity index is 1.36. The molecule has 1 fully saturated rings. The lowest BCUT2D eigenvalue weighted by atomic mass is 9.84. The second-order valence-electron chi connectivity index (χ2n) is 9.72. The Labute approximate surface area is 206 Å². The average molecular weight is 479 g/mol. The van der Waals surface area contributed by atoms with Gasteiger partial charge in [-0.15, -0.1) is 0 Å². The van der Waals surface area contributed by atoms with Crippen LogP contribution in [0.4, 0.5) is 4.79 Å². The Kier molecular flexibility index (Phi) is 7.73. The Hall–Kier alpha value is -3.35. The number of carbonyl (C=O) groups is 3. The summed E-state index contributed by atoms with van der Waals surface area (Å²) < 4.78 is 5.64. The standard InChI is InChI=1S/C28H34N2O5/c1-2-9-19(16-25(31)32)30-26(33)28(14-7-8-15-28)18-29-27(34)35-17-24-22-12-5-3-10-20(22)21-11-4-6-13-23(21)24/h3-6,10-13,19,24H,2,7-9,14-18H2,1H3,(H,29,34)(H,30,33)(H,31,32)/t19-/m1/s1. The van der Waals surface area contributed by atoms with Crippen LogP contribution >= 0.6 is 0 Å². The van der Waals surface area contributed by atoms with E-state index in [9.17, 15) is 19.5 Å². The number of hydrogen-bond acceptors (Lipinski definition) is 4. The Bertz CT molecular complexity index is 1030. The van der Waals surface area contributed by atoms with Gasteiger partial charge in [-0.25, -0.2) is 4.79 Å². The molecule has 0 spiro atoms. The van der Waals surface area contributed by atoms with Gasteiger partial charge in [-0.05, 0) is 41.5 Å². The molecule has 0 saturated heterocycles. The maximum Gasteiger partial charge on any atom is 0.407 e. The van der Waals surface area contributed by atoms with Crippen LogP contribution in [0, 0.1) is 5.41 Å². The van der Waals surface area contributed by atoms with Gasteiger partial charge in [-0.1, -0.05) is 74.7 Å². The summed E-state index contributed by atoms with van der Waals surface area (Å²) in [5.41, 5.74) is 3.90. The zero-order valence-corrected chi connectivity index (χ0v) is 20.2. The highest BCUT2D eigenvalue weighted by Gasteiger charge is 2.42. The topological polar surface area (TPSA) is 105 Å². The van der Waals surface area contributed by atoms with Gasteiger partial charge in [0.2, 0.25) is 5.91 Å². The summed E-state index contributed by atoms with van der Waals surface area (Å²) in [6.07, 6.45) is 3.87. The molecule has 186 valence electrons. The summed E-state index contributed by atoms with van der Waals surface area (Å²) in [7, 11) is 0. The molecule has 4 rings (SSSR count). The van der Waals surface area contributed by atoms with Crippen molar-refractivity contribution in [2.24, 2.45) is 5.41 Å². The Morgan fingerprint density at radius 1 is 1.03 bits per heavy atom. The van der Waals surface area contributed by atoms with Crippen LogP contribution in [0.3, 0.4) is 0 Å². The van der Waals surface area contributed by atoms with Crippen molar-refractivity contribution in [1.29, 1.82) is 0 Å². The van der Waals surface area contributed by atoms with Gasteiger partial charge in [-0.3, -0.25) is 9.59 Å². The zero-order chi connectivity index (χ0) is 24.8. The summed E-state index contributed by atoms with van der Waals surface area (Å²) in [6.45, 7) is 2.36.